The van der Waals surface area contributed by atoms with Crippen molar-refractivity contribution < 1.29 is 18.3 Å². The number of ether oxygens (including phenoxy) is 1. The second-order valence-corrected chi connectivity index (χ2v) is 10.6. The SMILES string of the molecule is Cn1ccc(=O)n1CC(=O)N[C@H]1CC[C@H](CCN2CCc3sc(OCC(C)(F)F)nc3C2)CC1. The van der Waals surface area contributed by atoms with Gasteiger partial charge in [0.05, 0.1) is 5.69 Å². The zero-order valence-electron chi connectivity index (χ0n) is 19.8. The predicted molar refractivity (Wildman–Crippen MR) is 125 cm³/mol. The number of hydrogen-bond acceptors (Lipinski definition) is 6. The molecule has 0 bridgehead atoms. The van der Waals surface area contributed by atoms with Crippen LogP contribution in [0.2, 0.25) is 0 Å². The first-order valence-electron chi connectivity index (χ1n) is 11.9. The number of aromatic nitrogens is 3. The van der Waals surface area contributed by atoms with Crippen LogP contribution in [-0.2, 0) is 31.4 Å². The van der Waals surface area contributed by atoms with E-state index in [9.17, 15) is 18.4 Å². The third kappa shape index (κ3) is 6.65. The number of rotatable bonds is 9. The summed E-state index contributed by atoms with van der Waals surface area (Å²) in [6.45, 7) is 2.92. The van der Waals surface area contributed by atoms with Gasteiger partial charge in [-0.15, -0.1) is 0 Å². The van der Waals surface area contributed by atoms with E-state index < -0.39 is 12.5 Å². The minimum Gasteiger partial charge on any atom is -0.464 e. The number of nitrogens with zero attached hydrogens (tertiary/aromatic N) is 4. The Morgan fingerprint density at radius 2 is 2.09 bits per heavy atom. The highest BCUT2D eigenvalue weighted by molar-refractivity contribution is 7.13. The fourth-order valence-corrected chi connectivity index (χ4v) is 5.63. The van der Waals surface area contributed by atoms with E-state index in [0.717, 1.165) is 75.7 Å². The number of alkyl halides is 2. The van der Waals surface area contributed by atoms with Gasteiger partial charge in [-0.25, -0.2) is 18.4 Å². The Labute approximate surface area is 201 Å². The van der Waals surface area contributed by atoms with Gasteiger partial charge < -0.3 is 10.1 Å². The van der Waals surface area contributed by atoms with E-state index in [1.807, 2.05) is 0 Å². The number of nitrogens with one attached hydrogen (secondary N) is 1. The summed E-state index contributed by atoms with van der Waals surface area (Å²) in [6, 6.07) is 1.62. The van der Waals surface area contributed by atoms with Crippen LogP contribution in [0, 0.1) is 5.92 Å². The molecule has 0 aromatic carbocycles. The van der Waals surface area contributed by atoms with Gasteiger partial charge in [-0.3, -0.25) is 19.2 Å². The van der Waals surface area contributed by atoms with Gasteiger partial charge in [0.1, 0.15) is 6.54 Å². The van der Waals surface area contributed by atoms with Crippen LogP contribution in [0.25, 0.3) is 0 Å². The van der Waals surface area contributed by atoms with Crippen molar-refractivity contribution in [3.05, 3.63) is 33.2 Å². The molecule has 0 saturated heterocycles. The van der Waals surface area contributed by atoms with Gasteiger partial charge in [-0.05, 0) is 51.0 Å². The number of carbonyl (C=O) groups excluding carboxylic acids is 1. The Balaban J connectivity index is 1.16. The molecule has 0 radical (unpaired) electrons. The quantitative estimate of drug-likeness (QED) is 0.576. The lowest BCUT2D eigenvalue weighted by atomic mass is 9.84. The van der Waals surface area contributed by atoms with Crippen molar-refractivity contribution in [1.82, 2.24) is 24.6 Å². The van der Waals surface area contributed by atoms with Crippen LogP contribution in [0.4, 0.5) is 8.78 Å². The van der Waals surface area contributed by atoms with Crippen LogP contribution in [0.15, 0.2) is 17.1 Å². The van der Waals surface area contributed by atoms with Gasteiger partial charge in [0.2, 0.25) is 5.91 Å². The van der Waals surface area contributed by atoms with Crippen molar-refractivity contribution in [2.24, 2.45) is 13.0 Å². The molecular formula is C23H33F2N5O3S. The Kier molecular flexibility index (Phi) is 7.71. The monoisotopic (exact) mass is 497 g/mol. The number of aryl methyl sites for hydroxylation is 1. The summed E-state index contributed by atoms with van der Waals surface area (Å²) in [5.41, 5.74) is 0.782. The first-order chi connectivity index (χ1) is 16.2. The molecule has 1 N–H and O–H groups in total. The van der Waals surface area contributed by atoms with Crippen molar-refractivity contribution >= 4 is 17.2 Å². The van der Waals surface area contributed by atoms with Gasteiger partial charge >= 0.3 is 0 Å². The summed E-state index contributed by atoms with van der Waals surface area (Å²) in [4.78, 5) is 32.1. The lowest BCUT2D eigenvalue weighted by Gasteiger charge is -2.32. The number of fused-ring (bicyclic) bond motifs is 1. The summed E-state index contributed by atoms with van der Waals surface area (Å²) in [5.74, 6) is -2.35. The lowest BCUT2D eigenvalue weighted by molar-refractivity contribution is -0.123. The zero-order chi connectivity index (χ0) is 24.3. The highest BCUT2D eigenvalue weighted by Crippen LogP contribution is 2.32. The summed E-state index contributed by atoms with van der Waals surface area (Å²) in [5, 5.41) is 3.42. The van der Waals surface area contributed by atoms with E-state index in [-0.39, 0.29) is 24.1 Å². The zero-order valence-corrected chi connectivity index (χ0v) is 20.6. The summed E-state index contributed by atoms with van der Waals surface area (Å²) < 4.78 is 34.3. The van der Waals surface area contributed by atoms with Crippen molar-refractivity contribution in [2.75, 3.05) is 19.7 Å². The molecule has 1 saturated carbocycles. The van der Waals surface area contributed by atoms with E-state index in [2.05, 4.69) is 15.2 Å². The maximum absolute atomic E-state index is 13.0. The smallest absolute Gasteiger partial charge is 0.278 e. The van der Waals surface area contributed by atoms with E-state index >= 15 is 0 Å². The Morgan fingerprint density at radius 3 is 2.76 bits per heavy atom. The molecule has 3 heterocycles. The van der Waals surface area contributed by atoms with Crippen LogP contribution in [0.5, 0.6) is 5.19 Å². The second kappa shape index (κ2) is 10.6. The number of hydrogen-bond donors (Lipinski definition) is 1. The number of thiazole rings is 1. The molecule has 1 amide bonds. The van der Waals surface area contributed by atoms with Crippen LogP contribution in [0.1, 0.15) is 49.6 Å². The lowest BCUT2D eigenvalue weighted by Crippen LogP contribution is -2.41. The van der Waals surface area contributed by atoms with Crippen molar-refractivity contribution in [1.29, 1.82) is 0 Å². The molecule has 34 heavy (non-hydrogen) atoms. The fraction of sp³-hybridized carbons (Fsp3) is 0.696. The fourth-order valence-electron chi connectivity index (χ4n) is 4.72. The maximum Gasteiger partial charge on any atom is 0.278 e. The van der Waals surface area contributed by atoms with Crippen molar-refractivity contribution in [3.8, 4) is 5.19 Å². The van der Waals surface area contributed by atoms with E-state index in [1.54, 1.807) is 17.9 Å². The van der Waals surface area contributed by atoms with Gasteiger partial charge in [0, 0.05) is 50.2 Å². The van der Waals surface area contributed by atoms with Gasteiger partial charge in [-0.2, -0.15) is 0 Å². The molecule has 0 unspecified atom stereocenters. The standard InChI is InChI=1S/C23H33F2N5O3S/c1-23(24,25)15-33-22-27-18-13-29(12-8-19(18)34-22)11-7-16-3-5-17(6-4-16)26-20(31)14-30-21(32)9-10-28(30)2/h9-10,16-17H,3-8,11-15H2,1-2H3,(H,26,31)/t16-,17-. The largest absolute Gasteiger partial charge is 0.464 e. The van der Waals surface area contributed by atoms with E-state index in [0.29, 0.717) is 11.1 Å². The molecule has 188 valence electrons. The van der Waals surface area contributed by atoms with Crippen LogP contribution in [0.3, 0.4) is 0 Å². The number of amides is 1. The van der Waals surface area contributed by atoms with E-state index in [1.165, 1.54) is 22.1 Å². The van der Waals surface area contributed by atoms with Gasteiger partial charge in [-0.1, -0.05) is 11.3 Å². The van der Waals surface area contributed by atoms with Crippen LogP contribution >= 0.6 is 11.3 Å². The molecule has 11 heteroatoms. The third-order valence-corrected chi connectivity index (χ3v) is 7.73. The van der Waals surface area contributed by atoms with Crippen molar-refractivity contribution in [2.45, 2.75) is 70.5 Å². The summed E-state index contributed by atoms with van der Waals surface area (Å²) in [7, 11) is 1.75. The second-order valence-electron chi connectivity index (χ2n) is 9.59. The normalized spacial score (nSPS) is 21.3. The molecule has 1 fully saturated rings. The molecule has 2 aromatic rings. The topological polar surface area (TPSA) is 81.4 Å². The molecule has 2 aliphatic rings. The molecule has 4 rings (SSSR count). The number of carbonyl (C=O) groups is 1. The Morgan fingerprint density at radius 1 is 1.32 bits per heavy atom. The third-order valence-electron chi connectivity index (χ3n) is 6.66. The first-order valence-corrected chi connectivity index (χ1v) is 12.7. The molecular weight excluding hydrogens is 464 g/mol. The molecule has 8 nitrogen and oxygen atoms in total. The molecule has 1 aliphatic carbocycles. The van der Waals surface area contributed by atoms with Gasteiger partial charge in [0.25, 0.3) is 16.7 Å². The van der Waals surface area contributed by atoms with Crippen LogP contribution < -0.4 is 15.6 Å². The highest BCUT2D eigenvalue weighted by atomic mass is 32.1. The predicted octanol–water partition coefficient (Wildman–Crippen LogP) is 2.80. The Bertz CT molecular complexity index is 1040. The molecule has 0 atom stereocenters. The summed E-state index contributed by atoms with van der Waals surface area (Å²) >= 11 is 1.38. The molecule has 0 spiro atoms. The highest BCUT2D eigenvalue weighted by Gasteiger charge is 2.27. The molecule has 1 aliphatic heterocycles. The number of halogens is 2. The van der Waals surface area contributed by atoms with Crippen LogP contribution in [-0.4, -0.2) is 56.8 Å². The minimum atomic E-state index is -2.86. The van der Waals surface area contributed by atoms with Crippen molar-refractivity contribution in [3.63, 3.8) is 0 Å². The average Bonchev–Trinajstić information content (AvgIpc) is 3.34. The summed E-state index contributed by atoms with van der Waals surface area (Å²) in [6.07, 6.45) is 7.70. The average molecular weight is 498 g/mol. The van der Waals surface area contributed by atoms with Gasteiger partial charge in [0.15, 0.2) is 6.61 Å². The first kappa shape index (κ1) is 24.8. The molecule has 2 aromatic heterocycles. The minimum absolute atomic E-state index is 0.0451. The Hall–Kier alpha value is -2.27. The van der Waals surface area contributed by atoms with E-state index in [4.69, 9.17) is 4.74 Å². The maximum atomic E-state index is 13.0.